The Morgan fingerprint density at radius 2 is 1.72 bits per heavy atom. The van der Waals surface area contributed by atoms with Crippen LogP contribution in [0.3, 0.4) is 0 Å². The lowest BCUT2D eigenvalue weighted by Gasteiger charge is -2.20. The summed E-state index contributed by atoms with van der Waals surface area (Å²) in [5.74, 6) is 0.629. The average molecular weight is 241 g/mol. The summed E-state index contributed by atoms with van der Waals surface area (Å²) in [5, 5.41) is 3.23. The lowest BCUT2D eigenvalue weighted by atomic mass is 9.86. The minimum absolute atomic E-state index is 0.173. The van der Waals surface area contributed by atoms with Gasteiger partial charge in [-0.15, -0.1) is 0 Å². The molecule has 1 heterocycles. The quantitative estimate of drug-likeness (QED) is 0.868. The molecule has 0 saturated carbocycles. The van der Waals surface area contributed by atoms with Crippen molar-refractivity contribution < 1.29 is 0 Å². The highest BCUT2D eigenvalue weighted by Crippen LogP contribution is 2.27. The molecule has 0 amide bonds. The van der Waals surface area contributed by atoms with Gasteiger partial charge in [-0.05, 0) is 35.6 Å². The Kier molecular flexibility index (Phi) is 3.32. The molecule has 18 heavy (non-hydrogen) atoms. The fourth-order valence-electron chi connectivity index (χ4n) is 1.75. The second-order valence-corrected chi connectivity index (χ2v) is 5.48. The molecule has 0 aliphatic heterocycles. The Bertz CT molecular complexity index is 527. The average Bonchev–Trinajstić information content (AvgIpc) is 2.32. The molecule has 1 aromatic heterocycles. The van der Waals surface area contributed by atoms with Crippen LogP contribution in [0.5, 0.6) is 0 Å². The third kappa shape index (κ3) is 2.86. The van der Waals surface area contributed by atoms with Gasteiger partial charge in [-0.3, -0.25) is 0 Å². The zero-order valence-corrected chi connectivity index (χ0v) is 11.4. The van der Waals surface area contributed by atoms with Crippen molar-refractivity contribution in [2.75, 3.05) is 5.32 Å². The Labute approximate surface area is 108 Å². The van der Waals surface area contributed by atoms with Crippen molar-refractivity contribution in [1.29, 1.82) is 0 Å². The molecule has 1 N–H and O–H groups in total. The first-order chi connectivity index (χ1) is 8.47. The van der Waals surface area contributed by atoms with Crippen molar-refractivity contribution in [3.8, 4) is 0 Å². The van der Waals surface area contributed by atoms with E-state index in [0.29, 0.717) is 5.95 Å². The number of rotatable bonds is 2. The van der Waals surface area contributed by atoms with E-state index < -0.39 is 0 Å². The summed E-state index contributed by atoms with van der Waals surface area (Å²) >= 11 is 0. The molecular weight excluding hydrogens is 222 g/mol. The van der Waals surface area contributed by atoms with Crippen LogP contribution >= 0.6 is 0 Å². The Hall–Kier alpha value is -1.90. The van der Waals surface area contributed by atoms with Crippen LogP contribution in [0.2, 0.25) is 0 Å². The number of hydrogen-bond donors (Lipinski definition) is 1. The van der Waals surface area contributed by atoms with Gasteiger partial charge in [0, 0.05) is 18.1 Å². The third-order valence-corrected chi connectivity index (χ3v) is 2.90. The summed E-state index contributed by atoms with van der Waals surface area (Å²) in [5.41, 5.74) is 3.76. The highest BCUT2D eigenvalue weighted by molar-refractivity contribution is 5.59. The van der Waals surface area contributed by atoms with Crippen LogP contribution in [0.1, 0.15) is 31.9 Å². The Balaban J connectivity index is 2.26. The predicted octanol–water partition coefficient (Wildman–Crippen LogP) is 3.83. The first-order valence-corrected chi connectivity index (χ1v) is 6.12. The van der Waals surface area contributed by atoms with Gasteiger partial charge in [0.25, 0.3) is 0 Å². The summed E-state index contributed by atoms with van der Waals surface area (Å²) in [7, 11) is 0. The smallest absolute Gasteiger partial charge is 0.227 e. The van der Waals surface area contributed by atoms with E-state index in [2.05, 4.69) is 61.2 Å². The normalized spacial score (nSPS) is 11.3. The minimum atomic E-state index is 0.173. The van der Waals surface area contributed by atoms with Crippen molar-refractivity contribution in [2.24, 2.45) is 0 Å². The molecule has 1 aromatic carbocycles. The van der Waals surface area contributed by atoms with Gasteiger partial charge in [-0.25, -0.2) is 9.97 Å². The molecule has 0 atom stereocenters. The first-order valence-electron chi connectivity index (χ1n) is 6.12. The number of nitrogens with zero attached hydrogens (tertiary/aromatic N) is 2. The van der Waals surface area contributed by atoms with Gasteiger partial charge in [0.05, 0.1) is 0 Å². The second kappa shape index (κ2) is 4.77. The molecule has 0 bridgehead atoms. The van der Waals surface area contributed by atoms with Gasteiger partial charge < -0.3 is 5.32 Å². The minimum Gasteiger partial charge on any atom is -0.324 e. The number of aryl methyl sites for hydroxylation is 1. The topological polar surface area (TPSA) is 37.8 Å². The van der Waals surface area contributed by atoms with Gasteiger partial charge >= 0.3 is 0 Å². The molecule has 2 rings (SSSR count). The molecule has 3 nitrogen and oxygen atoms in total. The first kappa shape index (κ1) is 12.6. The summed E-state index contributed by atoms with van der Waals surface area (Å²) in [6, 6.07) is 8.26. The molecule has 0 fully saturated rings. The van der Waals surface area contributed by atoms with E-state index in [0.717, 1.165) is 5.69 Å². The van der Waals surface area contributed by atoms with E-state index in [9.17, 15) is 0 Å². The largest absolute Gasteiger partial charge is 0.324 e. The van der Waals surface area contributed by atoms with Crippen molar-refractivity contribution in [3.63, 3.8) is 0 Å². The molecule has 2 aromatic rings. The van der Waals surface area contributed by atoms with Gasteiger partial charge in [-0.2, -0.15) is 0 Å². The fraction of sp³-hybridized carbons (Fsp3) is 0.333. The zero-order chi connectivity index (χ0) is 13.2. The van der Waals surface area contributed by atoms with Gasteiger partial charge in [0.1, 0.15) is 0 Å². The lowest BCUT2D eigenvalue weighted by Crippen LogP contribution is -2.11. The molecule has 0 unspecified atom stereocenters. The molecule has 94 valence electrons. The fourth-order valence-corrected chi connectivity index (χ4v) is 1.75. The summed E-state index contributed by atoms with van der Waals surface area (Å²) in [4.78, 5) is 8.33. The number of benzene rings is 1. The van der Waals surface area contributed by atoms with E-state index in [1.807, 2.05) is 0 Å². The number of anilines is 2. The van der Waals surface area contributed by atoms with Crippen molar-refractivity contribution in [2.45, 2.75) is 33.1 Å². The molecule has 3 heteroatoms. The van der Waals surface area contributed by atoms with Gasteiger partial charge in [0.2, 0.25) is 5.95 Å². The van der Waals surface area contributed by atoms with Crippen molar-refractivity contribution in [1.82, 2.24) is 9.97 Å². The van der Waals surface area contributed by atoms with Crippen LogP contribution in [0.15, 0.2) is 36.7 Å². The van der Waals surface area contributed by atoms with Crippen LogP contribution in [-0.2, 0) is 5.41 Å². The van der Waals surface area contributed by atoms with Crippen molar-refractivity contribution >= 4 is 11.6 Å². The summed E-state index contributed by atoms with van der Waals surface area (Å²) in [6.07, 6.45) is 3.46. The maximum Gasteiger partial charge on any atom is 0.227 e. The van der Waals surface area contributed by atoms with E-state index in [1.165, 1.54) is 11.1 Å². The number of aromatic nitrogens is 2. The summed E-state index contributed by atoms with van der Waals surface area (Å²) in [6.45, 7) is 8.75. The van der Waals surface area contributed by atoms with E-state index in [-0.39, 0.29) is 5.41 Å². The van der Waals surface area contributed by atoms with Crippen LogP contribution in [0.4, 0.5) is 11.6 Å². The molecule has 0 radical (unpaired) electrons. The number of hydrogen-bond acceptors (Lipinski definition) is 3. The lowest BCUT2D eigenvalue weighted by molar-refractivity contribution is 0.590. The van der Waals surface area contributed by atoms with Crippen molar-refractivity contribution in [3.05, 3.63) is 47.8 Å². The van der Waals surface area contributed by atoms with Gasteiger partial charge in [-0.1, -0.05) is 32.9 Å². The molecule has 0 aliphatic carbocycles. The third-order valence-electron chi connectivity index (χ3n) is 2.90. The maximum atomic E-state index is 4.16. The van der Waals surface area contributed by atoms with E-state index in [1.54, 1.807) is 18.5 Å². The second-order valence-electron chi connectivity index (χ2n) is 5.48. The zero-order valence-electron chi connectivity index (χ0n) is 11.4. The molecule has 0 aliphatic rings. The molecule has 0 spiro atoms. The Morgan fingerprint density at radius 3 is 2.28 bits per heavy atom. The van der Waals surface area contributed by atoms with E-state index >= 15 is 0 Å². The highest BCUT2D eigenvalue weighted by Gasteiger charge is 2.14. The van der Waals surface area contributed by atoms with Crippen LogP contribution in [-0.4, -0.2) is 9.97 Å². The molecule has 0 saturated heterocycles. The number of nitrogens with one attached hydrogen (secondary N) is 1. The van der Waals surface area contributed by atoms with Gasteiger partial charge in [0.15, 0.2) is 0 Å². The monoisotopic (exact) mass is 241 g/mol. The Morgan fingerprint density at radius 1 is 1.06 bits per heavy atom. The molecular formula is C15H19N3. The predicted molar refractivity (Wildman–Crippen MR) is 75.2 cm³/mol. The van der Waals surface area contributed by atoms with Crippen LogP contribution < -0.4 is 5.32 Å². The van der Waals surface area contributed by atoms with Crippen LogP contribution in [0, 0.1) is 6.92 Å². The maximum absolute atomic E-state index is 4.16. The summed E-state index contributed by atoms with van der Waals surface area (Å²) < 4.78 is 0. The van der Waals surface area contributed by atoms with Crippen LogP contribution in [0.25, 0.3) is 0 Å². The van der Waals surface area contributed by atoms with E-state index in [4.69, 9.17) is 0 Å². The SMILES string of the molecule is Cc1cc(C(C)(C)C)ccc1Nc1ncccn1. The standard InChI is InChI=1S/C15H19N3/c1-11-10-12(15(2,3)4)6-7-13(11)18-14-16-8-5-9-17-14/h5-10H,1-4H3,(H,16,17,18). The highest BCUT2D eigenvalue weighted by atomic mass is 15.1.